The van der Waals surface area contributed by atoms with Gasteiger partial charge in [-0.15, -0.1) is 11.3 Å². The molecule has 0 aliphatic heterocycles. The van der Waals surface area contributed by atoms with Crippen molar-refractivity contribution < 1.29 is 4.79 Å². The number of hydrogen-bond donors (Lipinski definition) is 0. The Morgan fingerprint density at radius 1 is 1.24 bits per heavy atom. The zero-order valence-electron chi connectivity index (χ0n) is 17.3. The van der Waals surface area contributed by atoms with Gasteiger partial charge in [0, 0.05) is 31.4 Å². The van der Waals surface area contributed by atoms with E-state index in [2.05, 4.69) is 37.0 Å². The second-order valence-corrected chi connectivity index (χ2v) is 9.15. The van der Waals surface area contributed by atoms with Crippen LogP contribution in [-0.2, 0) is 30.7 Å². The first-order valence-electron chi connectivity index (χ1n) is 10.2. The average molecular weight is 410 g/mol. The highest BCUT2D eigenvalue weighted by molar-refractivity contribution is 7.18. The van der Waals surface area contributed by atoms with Crippen LogP contribution >= 0.6 is 11.3 Å². The molecule has 4 rings (SSSR count). The lowest BCUT2D eigenvalue weighted by molar-refractivity contribution is -0.130. The third-order valence-corrected chi connectivity index (χ3v) is 7.04. The predicted molar refractivity (Wildman–Crippen MR) is 118 cm³/mol. The summed E-state index contributed by atoms with van der Waals surface area (Å²) in [5.74, 6) is 0.0318. The van der Waals surface area contributed by atoms with Crippen molar-refractivity contribution in [3.63, 3.8) is 0 Å². The van der Waals surface area contributed by atoms with Gasteiger partial charge in [0.15, 0.2) is 0 Å². The fourth-order valence-electron chi connectivity index (χ4n) is 4.11. The number of thiophene rings is 1. The number of nitrogens with zero attached hydrogens (tertiary/aromatic N) is 3. The summed E-state index contributed by atoms with van der Waals surface area (Å²) in [6, 6.07) is 6.29. The minimum atomic E-state index is -0.000711. The van der Waals surface area contributed by atoms with E-state index < -0.39 is 0 Å². The fourth-order valence-corrected chi connectivity index (χ4v) is 5.33. The van der Waals surface area contributed by atoms with Gasteiger partial charge in [-0.1, -0.05) is 23.8 Å². The zero-order valence-corrected chi connectivity index (χ0v) is 18.1. The largest absolute Gasteiger partial charge is 0.341 e. The van der Waals surface area contributed by atoms with Gasteiger partial charge in [-0.3, -0.25) is 14.2 Å². The zero-order chi connectivity index (χ0) is 20.5. The van der Waals surface area contributed by atoms with Crippen LogP contribution in [0.4, 0.5) is 0 Å². The van der Waals surface area contributed by atoms with Crippen LogP contribution in [0.2, 0.25) is 0 Å². The first kappa shape index (κ1) is 19.8. The summed E-state index contributed by atoms with van der Waals surface area (Å²) in [5.41, 5.74) is 4.76. The first-order chi connectivity index (χ1) is 13.9. The number of carbonyl (C=O) groups excluding carboxylic acids is 1. The molecule has 2 aromatic heterocycles. The third kappa shape index (κ3) is 3.99. The van der Waals surface area contributed by atoms with E-state index >= 15 is 0 Å². The molecule has 0 bridgehead atoms. The van der Waals surface area contributed by atoms with E-state index in [1.54, 1.807) is 27.1 Å². The Labute approximate surface area is 175 Å². The Kier molecular flexibility index (Phi) is 5.54. The van der Waals surface area contributed by atoms with Crippen LogP contribution in [-0.4, -0.2) is 27.4 Å². The highest BCUT2D eigenvalue weighted by Gasteiger charge is 2.20. The second-order valence-electron chi connectivity index (χ2n) is 8.06. The van der Waals surface area contributed by atoms with Crippen LogP contribution in [0.25, 0.3) is 10.2 Å². The molecule has 0 spiro atoms. The molecule has 0 unspecified atom stereocenters. The molecule has 0 saturated carbocycles. The van der Waals surface area contributed by atoms with Crippen molar-refractivity contribution in [1.82, 2.24) is 14.5 Å². The van der Waals surface area contributed by atoms with E-state index in [9.17, 15) is 9.59 Å². The van der Waals surface area contributed by atoms with E-state index in [0.29, 0.717) is 19.5 Å². The van der Waals surface area contributed by atoms with Crippen molar-refractivity contribution >= 4 is 27.5 Å². The number of aromatic nitrogens is 2. The molecule has 1 amide bonds. The molecule has 0 N–H and O–H groups in total. The molecule has 0 atom stereocenters. The van der Waals surface area contributed by atoms with Crippen LogP contribution in [0.1, 0.15) is 46.4 Å². The van der Waals surface area contributed by atoms with E-state index in [1.165, 1.54) is 28.0 Å². The Balaban J connectivity index is 1.47. The van der Waals surface area contributed by atoms with E-state index in [4.69, 9.17) is 0 Å². The molecule has 0 radical (unpaired) electrons. The van der Waals surface area contributed by atoms with Crippen molar-refractivity contribution in [2.24, 2.45) is 0 Å². The topological polar surface area (TPSA) is 55.2 Å². The lowest BCUT2D eigenvalue weighted by atomic mass is 9.97. The van der Waals surface area contributed by atoms with E-state index in [1.807, 2.05) is 7.05 Å². The third-order valence-electron chi connectivity index (χ3n) is 5.84. The van der Waals surface area contributed by atoms with Crippen LogP contribution in [0.3, 0.4) is 0 Å². The standard InChI is InChI=1S/C23H27N3O2S/c1-15-8-9-17(16(2)12-15)13-25(3)20(27)10-11-26-14-24-22-21(23(26)28)18-6-4-5-7-19(18)29-22/h8-9,12,14H,4-7,10-11,13H2,1-3H3. The van der Waals surface area contributed by atoms with Gasteiger partial charge in [0.2, 0.25) is 5.91 Å². The lowest BCUT2D eigenvalue weighted by Gasteiger charge is -2.19. The maximum Gasteiger partial charge on any atom is 0.262 e. The minimum Gasteiger partial charge on any atom is -0.341 e. The van der Waals surface area contributed by atoms with Gasteiger partial charge in [0.05, 0.1) is 11.7 Å². The summed E-state index contributed by atoms with van der Waals surface area (Å²) >= 11 is 1.66. The number of benzene rings is 1. The summed E-state index contributed by atoms with van der Waals surface area (Å²) < 4.78 is 1.60. The van der Waals surface area contributed by atoms with Gasteiger partial charge < -0.3 is 4.90 Å². The SMILES string of the molecule is Cc1ccc(CN(C)C(=O)CCn2cnc3sc4c(c3c2=O)CCCC4)c(C)c1. The van der Waals surface area contributed by atoms with Gasteiger partial charge in [0.25, 0.3) is 5.56 Å². The lowest BCUT2D eigenvalue weighted by Crippen LogP contribution is -2.29. The molecule has 29 heavy (non-hydrogen) atoms. The Hall–Kier alpha value is -2.47. The molecule has 152 valence electrons. The number of amides is 1. The maximum absolute atomic E-state index is 13.0. The van der Waals surface area contributed by atoms with Gasteiger partial charge in [-0.2, -0.15) is 0 Å². The average Bonchev–Trinajstić information content (AvgIpc) is 3.08. The van der Waals surface area contributed by atoms with Crippen LogP contribution < -0.4 is 5.56 Å². The molecule has 1 aromatic carbocycles. The fraction of sp³-hybridized carbons (Fsp3) is 0.435. The van der Waals surface area contributed by atoms with Crippen LogP contribution in [0, 0.1) is 13.8 Å². The Bertz CT molecular complexity index is 1130. The van der Waals surface area contributed by atoms with E-state index in [-0.39, 0.29) is 11.5 Å². The first-order valence-corrected chi connectivity index (χ1v) is 11.1. The summed E-state index contributed by atoms with van der Waals surface area (Å²) in [7, 11) is 1.82. The van der Waals surface area contributed by atoms with Crippen molar-refractivity contribution in [1.29, 1.82) is 0 Å². The highest BCUT2D eigenvalue weighted by atomic mass is 32.1. The summed E-state index contributed by atoms with van der Waals surface area (Å²) in [6.45, 7) is 5.08. The summed E-state index contributed by atoms with van der Waals surface area (Å²) in [5, 5.41) is 0.781. The number of rotatable bonds is 5. The molecule has 0 saturated heterocycles. The quantitative estimate of drug-likeness (QED) is 0.640. The minimum absolute atomic E-state index is 0.000711. The van der Waals surface area contributed by atoms with Crippen molar-refractivity contribution in [3.8, 4) is 0 Å². The van der Waals surface area contributed by atoms with Crippen molar-refractivity contribution in [2.45, 2.75) is 59.0 Å². The normalized spacial score (nSPS) is 13.5. The van der Waals surface area contributed by atoms with Gasteiger partial charge in [-0.25, -0.2) is 4.98 Å². The number of fused-ring (bicyclic) bond motifs is 3. The molecule has 3 aromatic rings. The molecule has 0 fully saturated rings. The number of carbonyl (C=O) groups is 1. The smallest absolute Gasteiger partial charge is 0.262 e. The number of aryl methyl sites for hydroxylation is 5. The van der Waals surface area contributed by atoms with Crippen molar-refractivity contribution in [2.75, 3.05) is 7.05 Å². The van der Waals surface area contributed by atoms with Gasteiger partial charge in [0.1, 0.15) is 4.83 Å². The summed E-state index contributed by atoms with van der Waals surface area (Å²) in [4.78, 5) is 34.1. The second kappa shape index (κ2) is 8.11. The van der Waals surface area contributed by atoms with Crippen LogP contribution in [0.5, 0.6) is 0 Å². The Morgan fingerprint density at radius 3 is 2.83 bits per heavy atom. The predicted octanol–water partition coefficient (Wildman–Crippen LogP) is 4.00. The molecule has 1 aliphatic rings. The highest BCUT2D eigenvalue weighted by Crippen LogP contribution is 2.33. The number of hydrogen-bond acceptors (Lipinski definition) is 4. The van der Waals surface area contributed by atoms with Crippen molar-refractivity contribution in [3.05, 3.63) is 62.0 Å². The Morgan fingerprint density at radius 2 is 2.03 bits per heavy atom. The molecular formula is C23H27N3O2S. The maximum atomic E-state index is 13.0. The molecule has 1 aliphatic carbocycles. The monoisotopic (exact) mass is 409 g/mol. The molecule has 5 nitrogen and oxygen atoms in total. The van der Waals surface area contributed by atoms with Gasteiger partial charge in [-0.05, 0) is 56.2 Å². The molecular weight excluding hydrogens is 382 g/mol. The molecule has 6 heteroatoms. The summed E-state index contributed by atoms with van der Waals surface area (Å²) in [6.07, 6.45) is 6.24. The van der Waals surface area contributed by atoms with E-state index in [0.717, 1.165) is 35.0 Å². The van der Waals surface area contributed by atoms with Crippen LogP contribution in [0.15, 0.2) is 29.3 Å². The molecule has 2 heterocycles. The van der Waals surface area contributed by atoms with Gasteiger partial charge >= 0.3 is 0 Å².